The molecule has 0 N–H and O–H groups in total. The van der Waals surface area contributed by atoms with Crippen LogP contribution in [0.5, 0.6) is 17.2 Å². The zero-order chi connectivity index (χ0) is 21.3. The standard InChI is InChI=1S/C22H24BNO5/c1-12-6-7-14(8-13(12)2)16-9-15(25)20-17(29-16)10-18(21(23)22(20)27-5)28-11-19(26)24(3)4/h6-8,10,16H,9,11H2,1-5H3. The minimum atomic E-state index is -0.418. The number of carbonyl (C=O) groups excluding carboxylic acids is 2. The molecule has 0 aliphatic carbocycles. The van der Waals surface area contributed by atoms with Crippen LogP contribution in [0.1, 0.15) is 39.6 Å². The van der Waals surface area contributed by atoms with Crippen molar-refractivity contribution in [3.63, 3.8) is 0 Å². The highest BCUT2D eigenvalue weighted by Gasteiger charge is 2.33. The van der Waals surface area contributed by atoms with E-state index in [0.29, 0.717) is 11.3 Å². The minimum Gasteiger partial charge on any atom is -0.496 e. The van der Waals surface area contributed by atoms with E-state index in [-0.39, 0.29) is 41.7 Å². The lowest BCUT2D eigenvalue weighted by atomic mass is 9.86. The summed E-state index contributed by atoms with van der Waals surface area (Å²) in [6.07, 6.45) is -0.233. The van der Waals surface area contributed by atoms with E-state index in [2.05, 4.69) is 0 Å². The average molecular weight is 393 g/mol. The molecule has 6 nitrogen and oxygen atoms in total. The first-order valence-electron chi connectivity index (χ1n) is 9.33. The lowest BCUT2D eigenvalue weighted by Gasteiger charge is -2.28. The average Bonchev–Trinajstić information content (AvgIpc) is 2.68. The number of amides is 1. The topological polar surface area (TPSA) is 65.1 Å². The first kappa shape index (κ1) is 20.8. The van der Waals surface area contributed by atoms with Crippen LogP contribution in [0.2, 0.25) is 0 Å². The van der Waals surface area contributed by atoms with Crippen molar-refractivity contribution in [2.45, 2.75) is 26.4 Å². The lowest BCUT2D eigenvalue weighted by molar-refractivity contribution is -0.130. The highest BCUT2D eigenvalue weighted by molar-refractivity contribution is 6.37. The molecule has 1 aliphatic heterocycles. The second-order valence-corrected chi connectivity index (χ2v) is 7.35. The smallest absolute Gasteiger partial charge is 0.259 e. The third-order valence-corrected chi connectivity index (χ3v) is 5.12. The molecule has 29 heavy (non-hydrogen) atoms. The molecular weight excluding hydrogens is 369 g/mol. The predicted molar refractivity (Wildman–Crippen MR) is 111 cm³/mol. The second kappa shape index (κ2) is 8.19. The number of fused-ring (bicyclic) bond motifs is 1. The fraction of sp³-hybridized carbons (Fsp3) is 0.364. The maximum Gasteiger partial charge on any atom is 0.259 e. The normalized spacial score (nSPS) is 15.3. The SMILES string of the molecule is [B]c1c(OCC(=O)N(C)C)cc2c(c1OC)C(=O)CC(c1ccc(C)c(C)c1)O2. The van der Waals surface area contributed by atoms with Gasteiger partial charge in [-0.2, -0.15) is 0 Å². The summed E-state index contributed by atoms with van der Waals surface area (Å²) >= 11 is 0. The summed E-state index contributed by atoms with van der Waals surface area (Å²) in [6.45, 7) is 3.87. The number of rotatable bonds is 5. The molecule has 1 amide bonds. The zero-order valence-corrected chi connectivity index (χ0v) is 17.4. The number of hydrogen-bond acceptors (Lipinski definition) is 5. The Kier molecular flexibility index (Phi) is 5.87. The molecule has 0 bridgehead atoms. The van der Waals surface area contributed by atoms with E-state index in [1.165, 1.54) is 17.6 Å². The second-order valence-electron chi connectivity index (χ2n) is 7.35. The molecule has 1 aliphatic rings. The highest BCUT2D eigenvalue weighted by Crippen LogP contribution is 2.41. The van der Waals surface area contributed by atoms with Crippen molar-refractivity contribution in [1.82, 2.24) is 4.90 Å². The van der Waals surface area contributed by atoms with E-state index in [4.69, 9.17) is 22.1 Å². The first-order valence-corrected chi connectivity index (χ1v) is 9.33. The van der Waals surface area contributed by atoms with Crippen LogP contribution in [-0.2, 0) is 4.79 Å². The van der Waals surface area contributed by atoms with Crippen LogP contribution in [0.25, 0.3) is 0 Å². The van der Waals surface area contributed by atoms with Crippen molar-refractivity contribution in [2.75, 3.05) is 27.8 Å². The van der Waals surface area contributed by atoms with E-state index in [1.54, 1.807) is 20.2 Å². The Bertz CT molecular complexity index is 970. The number of aryl methyl sites for hydroxylation is 2. The number of ether oxygens (including phenoxy) is 3. The minimum absolute atomic E-state index is 0.117. The number of Topliss-reactive ketones (excluding diaryl/α,β-unsaturated/α-hetero) is 1. The summed E-state index contributed by atoms with van der Waals surface area (Å²) < 4.78 is 17.1. The van der Waals surface area contributed by atoms with Crippen LogP contribution in [0.15, 0.2) is 24.3 Å². The molecule has 2 aromatic carbocycles. The van der Waals surface area contributed by atoms with Gasteiger partial charge in [0, 0.05) is 20.2 Å². The van der Waals surface area contributed by atoms with Gasteiger partial charge in [0.2, 0.25) is 0 Å². The van der Waals surface area contributed by atoms with Crippen LogP contribution in [0, 0.1) is 13.8 Å². The molecule has 3 rings (SSSR count). The zero-order valence-electron chi connectivity index (χ0n) is 17.4. The van der Waals surface area contributed by atoms with E-state index in [1.807, 2.05) is 32.0 Å². The first-order chi connectivity index (χ1) is 13.7. The van der Waals surface area contributed by atoms with Crippen molar-refractivity contribution in [2.24, 2.45) is 0 Å². The summed E-state index contributed by atoms with van der Waals surface area (Å²) in [6, 6.07) is 7.56. The molecular formula is C22H24BNO5. The van der Waals surface area contributed by atoms with Gasteiger partial charge in [-0.15, -0.1) is 0 Å². The number of ketones is 1. The molecule has 7 heteroatoms. The molecule has 0 saturated heterocycles. The van der Waals surface area contributed by atoms with E-state index in [0.717, 1.165) is 11.1 Å². The van der Waals surface area contributed by atoms with Crippen molar-refractivity contribution in [3.05, 3.63) is 46.5 Å². The quantitative estimate of drug-likeness (QED) is 0.730. The van der Waals surface area contributed by atoms with E-state index < -0.39 is 6.10 Å². The Balaban J connectivity index is 1.97. The predicted octanol–water partition coefficient (Wildman–Crippen LogP) is 2.28. The number of carbonyl (C=O) groups is 2. The van der Waals surface area contributed by atoms with E-state index in [9.17, 15) is 9.59 Å². The van der Waals surface area contributed by atoms with Crippen LogP contribution >= 0.6 is 0 Å². The Morgan fingerprint density at radius 1 is 1.24 bits per heavy atom. The van der Waals surface area contributed by atoms with Crippen LogP contribution in [0.4, 0.5) is 0 Å². The third-order valence-electron chi connectivity index (χ3n) is 5.12. The highest BCUT2D eigenvalue weighted by atomic mass is 16.5. The molecule has 0 fully saturated rings. The van der Waals surface area contributed by atoms with E-state index >= 15 is 0 Å². The number of nitrogens with zero attached hydrogens (tertiary/aromatic N) is 1. The Labute approximate surface area is 172 Å². The summed E-state index contributed by atoms with van der Waals surface area (Å²) in [5, 5.41) is 0. The molecule has 150 valence electrons. The van der Waals surface area contributed by atoms with Crippen molar-refractivity contribution in [3.8, 4) is 17.2 Å². The maximum absolute atomic E-state index is 12.9. The monoisotopic (exact) mass is 393 g/mol. The van der Waals surface area contributed by atoms with Crippen LogP contribution < -0.4 is 19.7 Å². The fourth-order valence-corrected chi connectivity index (χ4v) is 3.20. The molecule has 1 heterocycles. The summed E-state index contributed by atoms with van der Waals surface area (Å²) in [5.74, 6) is 0.450. The van der Waals surface area contributed by atoms with Gasteiger partial charge < -0.3 is 19.1 Å². The molecule has 2 radical (unpaired) electrons. The number of benzene rings is 2. The molecule has 0 saturated carbocycles. The largest absolute Gasteiger partial charge is 0.496 e. The van der Waals surface area contributed by atoms with Gasteiger partial charge in [0.25, 0.3) is 5.91 Å². The summed E-state index contributed by atoms with van der Waals surface area (Å²) in [7, 11) is 10.9. The molecule has 2 aromatic rings. The molecule has 0 aromatic heterocycles. The van der Waals surface area contributed by atoms with Crippen molar-refractivity contribution in [1.29, 1.82) is 0 Å². The fourth-order valence-electron chi connectivity index (χ4n) is 3.20. The van der Waals surface area contributed by atoms with Gasteiger partial charge in [0.1, 0.15) is 36.8 Å². The molecule has 1 atom stereocenters. The van der Waals surface area contributed by atoms with Gasteiger partial charge in [-0.1, -0.05) is 18.2 Å². The number of hydrogen-bond donors (Lipinski definition) is 0. The summed E-state index contributed by atoms with van der Waals surface area (Å²) in [4.78, 5) is 26.2. The summed E-state index contributed by atoms with van der Waals surface area (Å²) in [5.41, 5.74) is 3.70. The Morgan fingerprint density at radius 3 is 2.59 bits per heavy atom. The van der Waals surface area contributed by atoms with Gasteiger partial charge in [-0.05, 0) is 36.0 Å². The Morgan fingerprint density at radius 2 is 1.97 bits per heavy atom. The number of methoxy groups -OCH3 is 1. The van der Waals surface area contributed by atoms with Gasteiger partial charge in [-0.25, -0.2) is 0 Å². The maximum atomic E-state index is 12.9. The Hall–Kier alpha value is -2.96. The van der Waals surface area contributed by atoms with Crippen molar-refractivity contribution < 1.29 is 23.8 Å². The van der Waals surface area contributed by atoms with Gasteiger partial charge in [-0.3, -0.25) is 9.59 Å². The molecule has 1 unspecified atom stereocenters. The number of likely N-dealkylation sites (N-methyl/N-ethyl adjacent to an activating group) is 1. The van der Waals surface area contributed by atoms with Gasteiger partial charge >= 0.3 is 0 Å². The van der Waals surface area contributed by atoms with Crippen LogP contribution in [0.3, 0.4) is 0 Å². The van der Waals surface area contributed by atoms with Crippen LogP contribution in [-0.4, -0.2) is 52.2 Å². The molecule has 0 spiro atoms. The van der Waals surface area contributed by atoms with Gasteiger partial charge in [0.15, 0.2) is 12.4 Å². The van der Waals surface area contributed by atoms with Crippen molar-refractivity contribution >= 4 is 25.0 Å². The van der Waals surface area contributed by atoms with Gasteiger partial charge in [0.05, 0.1) is 13.5 Å². The third kappa shape index (κ3) is 4.09. The lowest BCUT2D eigenvalue weighted by Crippen LogP contribution is -2.29.